The van der Waals surface area contributed by atoms with Gasteiger partial charge in [-0.3, -0.25) is 19.2 Å². The third kappa shape index (κ3) is 15.4. The number of anilines is 4. The van der Waals surface area contributed by atoms with E-state index in [1.807, 2.05) is 61.6 Å². The SMILES string of the molecule is C[n+]1cccc(NC(=O)c2ccc(NC(=O)c3ccc(C(=O)Nc4ccc(C(=O)Nc5ccc[n+](C)c5)cc4Cl)cc3)c(Cl)c2)c1.Cc1ccc(S(=O)(=O)[O-])cc1.Cc1ccc(S(=O)(=O)[O-])cc1. The maximum absolute atomic E-state index is 12.9. The molecule has 0 atom stereocenters. The molecule has 7 aromatic rings. The van der Waals surface area contributed by atoms with Crippen molar-refractivity contribution in [2.45, 2.75) is 23.6 Å². The molecule has 7 rings (SSSR count). The van der Waals surface area contributed by atoms with E-state index in [0.29, 0.717) is 33.9 Å². The van der Waals surface area contributed by atoms with Crippen molar-refractivity contribution in [2.24, 2.45) is 14.1 Å². The highest BCUT2D eigenvalue weighted by Gasteiger charge is 2.16. The summed E-state index contributed by atoms with van der Waals surface area (Å²) >= 11 is 12.7. The van der Waals surface area contributed by atoms with Gasteiger partial charge in [0.25, 0.3) is 23.6 Å². The Labute approximate surface area is 402 Å². The van der Waals surface area contributed by atoms with Crippen LogP contribution in [0, 0.1) is 13.8 Å². The van der Waals surface area contributed by atoms with E-state index in [1.165, 1.54) is 60.7 Å². The van der Waals surface area contributed by atoms with Crippen LogP contribution in [0.3, 0.4) is 0 Å². The highest BCUT2D eigenvalue weighted by Crippen LogP contribution is 2.26. The molecule has 5 aromatic carbocycles. The van der Waals surface area contributed by atoms with Gasteiger partial charge in [-0.15, -0.1) is 0 Å². The minimum absolute atomic E-state index is 0.178. The molecule has 0 aliphatic carbocycles. The third-order valence-corrected chi connectivity index (χ3v) is 11.7. The van der Waals surface area contributed by atoms with E-state index < -0.39 is 32.1 Å². The topological polar surface area (TPSA) is 239 Å². The van der Waals surface area contributed by atoms with E-state index in [9.17, 15) is 45.1 Å². The molecule has 0 unspecified atom stereocenters. The summed E-state index contributed by atoms with van der Waals surface area (Å²) < 4.78 is 66.0. The molecular weight excluding hydrogens is 956 g/mol. The maximum Gasteiger partial charge on any atom is 0.255 e. The van der Waals surface area contributed by atoms with Crippen LogP contribution in [0.4, 0.5) is 22.7 Å². The third-order valence-electron chi connectivity index (χ3n) is 9.38. The zero-order valence-electron chi connectivity index (χ0n) is 36.6. The molecule has 4 amide bonds. The van der Waals surface area contributed by atoms with Gasteiger partial charge in [0, 0.05) is 34.4 Å². The normalized spacial score (nSPS) is 10.8. The predicted molar refractivity (Wildman–Crippen MR) is 255 cm³/mol. The lowest BCUT2D eigenvalue weighted by atomic mass is 10.1. The van der Waals surface area contributed by atoms with Crippen LogP contribution in [0.15, 0.2) is 168 Å². The number of aryl methyl sites for hydroxylation is 4. The molecule has 0 saturated carbocycles. The summed E-state index contributed by atoms with van der Waals surface area (Å²) in [5, 5.41) is 11.4. The second-order valence-electron chi connectivity index (χ2n) is 14.8. The summed E-state index contributed by atoms with van der Waals surface area (Å²) in [5.74, 6) is -1.60. The standard InChI is InChI=1S/C34H26Cl2N6O4.2C7H8O3S/c1-41-15-3-5-25(19-41)37-33(45)23-11-13-29(27(35)17-23)39-31(43)21-7-9-22(10-8-21)32(44)40-30-14-12-24(18-28(30)36)34(46)38-26-6-4-16-42(2)20-26;2*1-6-2-4-7(5-3-6)11(8,9)10/h3-20H,1-2H3,(H2-2,37,38,39,40,43,44,45,46);2*2-5H,1H3,(H,8,9,10). The van der Waals surface area contributed by atoms with Crippen LogP contribution in [-0.4, -0.2) is 49.6 Å². The van der Waals surface area contributed by atoms with Crippen molar-refractivity contribution in [1.29, 1.82) is 0 Å². The van der Waals surface area contributed by atoms with Crippen molar-refractivity contribution in [3.8, 4) is 0 Å². The Kier molecular flexibility index (Phi) is 17.4. The van der Waals surface area contributed by atoms with Gasteiger partial charge in [0.15, 0.2) is 24.8 Å². The van der Waals surface area contributed by atoms with Crippen LogP contribution in [0.25, 0.3) is 0 Å². The van der Waals surface area contributed by atoms with E-state index in [4.69, 9.17) is 23.2 Å². The molecular formula is C48H42Cl2N6O10S2. The molecule has 0 fully saturated rings. The largest absolute Gasteiger partial charge is 0.744 e. The van der Waals surface area contributed by atoms with Crippen LogP contribution in [0.2, 0.25) is 10.0 Å². The first kappa shape index (κ1) is 51.7. The Hall–Kier alpha value is -7.32. The Morgan fingerprint density at radius 3 is 1.06 bits per heavy atom. The van der Waals surface area contributed by atoms with Crippen molar-refractivity contribution in [1.82, 2.24) is 0 Å². The zero-order chi connectivity index (χ0) is 49.8. The number of hydrogen-bond acceptors (Lipinski definition) is 10. The van der Waals surface area contributed by atoms with Crippen LogP contribution in [-0.2, 0) is 34.3 Å². The van der Waals surface area contributed by atoms with Crippen molar-refractivity contribution >= 4 is 89.8 Å². The molecule has 0 saturated heterocycles. The van der Waals surface area contributed by atoms with Crippen LogP contribution >= 0.6 is 23.2 Å². The van der Waals surface area contributed by atoms with E-state index in [1.54, 1.807) is 73.1 Å². The summed E-state index contributed by atoms with van der Waals surface area (Å²) in [7, 11) is -4.85. The molecule has 2 heterocycles. The summed E-state index contributed by atoms with van der Waals surface area (Å²) in [6.45, 7) is 3.64. The Bertz CT molecular complexity index is 3000. The Morgan fingerprint density at radius 1 is 0.456 bits per heavy atom. The lowest BCUT2D eigenvalue weighted by Crippen LogP contribution is -2.27. The summed E-state index contributed by atoms with van der Waals surface area (Å²) in [5.41, 5.74) is 4.96. The zero-order valence-corrected chi connectivity index (χ0v) is 39.7. The maximum atomic E-state index is 12.9. The highest BCUT2D eigenvalue weighted by atomic mass is 35.5. The van der Waals surface area contributed by atoms with E-state index in [2.05, 4.69) is 21.3 Å². The van der Waals surface area contributed by atoms with E-state index in [0.717, 1.165) is 11.1 Å². The van der Waals surface area contributed by atoms with E-state index >= 15 is 0 Å². The van der Waals surface area contributed by atoms with Crippen LogP contribution in [0.1, 0.15) is 52.6 Å². The van der Waals surface area contributed by atoms with Crippen LogP contribution < -0.4 is 30.4 Å². The molecule has 16 nitrogen and oxygen atoms in total. The Morgan fingerprint density at radius 2 is 0.765 bits per heavy atom. The highest BCUT2D eigenvalue weighted by molar-refractivity contribution is 7.86. The molecule has 68 heavy (non-hydrogen) atoms. The molecule has 0 aliphatic rings. The number of carbonyl (C=O) groups is 4. The number of nitrogens with one attached hydrogen (secondary N) is 4. The first-order chi connectivity index (χ1) is 32.0. The van der Waals surface area contributed by atoms with Crippen molar-refractivity contribution in [2.75, 3.05) is 21.3 Å². The number of pyridine rings is 2. The number of nitrogens with zero attached hydrogens (tertiary/aromatic N) is 2. The number of benzene rings is 5. The van der Waals surface area contributed by atoms with Gasteiger partial charge in [-0.05, 0) is 111 Å². The number of halogens is 2. The van der Waals surface area contributed by atoms with Gasteiger partial charge in [0.05, 0.1) is 31.2 Å². The van der Waals surface area contributed by atoms with Crippen molar-refractivity contribution in [3.05, 3.63) is 202 Å². The van der Waals surface area contributed by atoms with Gasteiger partial charge in [-0.2, -0.15) is 0 Å². The van der Waals surface area contributed by atoms with Gasteiger partial charge in [0.2, 0.25) is 0 Å². The number of rotatable bonds is 10. The lowest BCUT2D eigenvalue weighted by Gasteiger charge is -2.11. The molecule has 2 aromatic heterocycles. The number of amides is 4. The van der Waals surface area contributed by atoms with Crippen molar-refractivity contribution in [3.63, 3.8) is 0 Å². The molecule has 20 heteroatoms. The smallest absolute Gasteiger partial charge is 0.255 e. The monoisotopic (exact) mass is 996 g/mol. The number of hydrogen-bond donors (Lipinski definition) is 4. The molecule has 0 bridgehead atoms. The number of aromatic nitrogens is 2. The average Bonchev–Trinajstić information content (AvgIpc) is 3.28. The molecule has 0 radical (unpaired) electrons. The second-order valence-corrected chi connectivity index (χ2v) is 18.4. The first-order valence-electron chi connectivity index (χ1n) is 20.0. The minimum Gasteiger partial charge on any atom is -0.744 e. The van der Waals surface area contributed by atoms with Gasteiger partial charge in [-0.25, -0.2) is 26.0 Å². The van der Waals surface area contributed by atoms with Crippen LogP contribution in [0.5, 0.6) is 0 Å². The fraction of sp³-hybridized carbons (Fsp3) is 0.0833. The van der Waals surface area contributed by atoms with Gasteiger partial charge in [0.1, 0.15) is 45.7 Å². The fourth-order valence-corrected chi connectivity index (χ4v) is 7.21. The molecule has 4 N–H and O–H groups in total. The second kappa shape index (κ2) is 22.9. The lowest BCUT2D eigenvalue weighted by molar-refractivity contribution is -0.670. The average molecular weight is 998 g/mol. The fourth-order valence-electron chi connectivity index (χ4n) is 5.82. The van der Waals surface area contributed by atoms with Gasteiger partial charge in [-0.1, -0.05) is 58.6 Å². The van der Waals surface area contributed by atoms with Crippen molar-refractivity contribution < 1.29 is 54.3 Å². The van der Waals surface area contributed by atoms with Gasteiger partial charge < -0.3 is 30.4 Å². The number of carbonyl (C=O) groups excluding carboxylic acids is 4. The molecule has 0 aliphatic heterocycles. The predicted octanol–water partition coefficient (Wildman–Crippen LogP) is 7.45. The van der Waals surface area contributed by atoms with E-state index in [-0.39, 0.29) is 42.8 Å². The summed E-state index contributed by atoms with van der Waals surface area (Å²) in [6.07, 6.45) is 7.23. The Balaban J connectivity index is 0.000000319. The first-order valence-corrected chi connectivity index (χ1v) is 23.5. The molecule has 0 spiro atoms. The van der Waals surface area contributed by atoms with Gasteiger partial charge >= 0.3 is 0 Å². The summed E-state index contributed by atoms with van der Waals surface area (Å²) in [6, 6.07) is 33.9. The molecule has 350 valence electrons. The summed E-state index contributed by atoms with van der Waals surface area (Å²) in [4.78, 5) is 50.7. The minimum atomic E-state index is -4.27. The quantitative estimate of drug-likeness (QED) is 0.0780.